The molecule has 3 nitrogen and oxygen atoms in total. The monoisotopic (exact) mass is 281 g/mol. The Bertz CT molecular complexity index is 389. The molecule has 0 saturated carbocycles. The molecular formula is C16H28FN3. The summed E-state index contributed by atoms with van der Waals surface area (Å²) < 4.78 is 13.3. The fourth-order valence-corrected chi connectivity index (χ4v) is 2.09. The summed E-state index contributed by atoms with van der Waals surface area (Å²) in [5.74, 6) is 1.74. The predicted octanol–water partition coefficient (Wildman–Crippen LogP) is 3.81. The van der Waals surface area contributed by atoms with Crippen molar-refractivity contribution in [3.05, 3.63) is 23.6 Å². The number of aromatic nitrogens is 1. The minimum atomic E-state index is -0.278. The number of hydrogen-bond acceptors (Lipinski definition) is 3. The molecule has 1 heterocycles. The molecule has 0 aromatic carbocycles. The molecule has 0 aliphatic carbocycles. The largest absolute Gasteiger partial charge is 0.370 e. The molecule has 0 amide bonds. The smallest absolute Gasteiger partial charge is 0.141 e. The van der Waals surface area contributed by atoms with Gasteiger partial charge in [-0.1, -0.05) is 40.5 Å². The average molecular weight is 281 g/mol. The van der Waals surface area contributed by atoms with Gasteiger partial charge in [-0.25, -0.2) is 9.37 Å². The van der Waals surface area contributed by atoms with Gasteiger partial charge in [0.1, 0.15) is 11.6 Å². The number of nitrogens with zero attached hydrogens (tertiary/aromatic N) is 1. The van der Waals surface area contributed by atoms with Crippen LogP contribution in [0.1, 0.15) is 46.1 Å². The zero-order valence-corrected chi connectivity index (χ0v) is 13.2. The molecule has 4 heteroatoms. The minimum absolute atomic E-state index is 0.278. The van der Waals surface area contributed by atoms with Gasteiger partial charge in [0.25, 0.3) is 0 Å². The Morgan fingerprint density at radius 2 is 1.90 bits per heavy atom. The molecule has 0 aliphatic rings. The van der Waals surface area contributed by atoms with Crippen LogP contribution in [0.25, 0.3) is 0 Å². The Kier molecular flexibility index (Phi) is 7.52. The maximum absolute atomic E-state index is 13.3. The summed E-state index contributed by atoms with van der Waals surface area (Å²) in [4.78, 5) is 4.19. The Hall–Kier alpha value is -1.16. The van der Waals surface area contributed by atoms with Gasteiger partial charge in [0, 0.05) is 18.7 Å². The van der Waals surface area contributed by atoms with Crippen LogP contribution in [0, 0.1) is 17.7 Å². The molecule has 0 atom stereocenters. The summed E-state index contributed by atoms with van der Waals surface area (Å²) in [6, 6.07) is 1.57. The van der Waals surface area contributed by atoms with Gasteiger partial charge in [-0.2, -0.15) is 0 Å². The highest BCUT2D eigenvalue weighted by Gasteiger charge is 2.08. The van der Waals surface area contributed by atoms with Crippen molar-refractivity contribution in [3.8, 4) is 0 Å². The zero-order chi connectivity index (χ0) is 15.0. The van der Waals surface area contributed by atoms with Crippen molar-refractivity contribution in [2.24, 2.45) is 11.8 Å². The van der Waals surface area contributed by atoms with Gasteiger partial charge in [-0.3, -0.25) is 0 Å². The first-order valence-corrected chi connectivity index (χ1v) is 7.65. The van der Waals surface area contributed by atoms with Crippen LogP contribution in [0.15, 0.2) is 12.3 Å². The first-order chi connectivity index (χ1) is 9.56. The van der Waals surface area contributed by atoms with Gasteiger partial charge in [0.2, 0.25) is 0 Å². The predicted molar refractivity (Wildman–Crippen MR) is 83.3 cm³/mol. The van der Waals surface area contributed by atoms with Crippen molar-refractivity contribution in [2.45, 2.75) is 47.1 Å². The van der Waals surface area contributed by atoms with Crippen LogP contribution in [0.5, 0.6) is 0 Å². The van der Waals surface area contributed by atoms with Crippen LogP contribution in [0.4, 0.5) is 10.2 Å². The van der Waals surface area contributed by atoms with Gasteiger partial charge in [0.05, 0.1) is 6.20 Å². The first-order valence-electron chi connectivity index (χ1n) is 7.65. The lowest BCUT2D eigenvalue weighted by molar-refractivity contribution is 0.517. The Morgan fingerprint density at radius 3 is 2.50 bits per heavy atom. The lowest BCUT2D eigenvalue weighted by Gasteiger charge is -2.16. The maximum Gasteiger partial charge on any atom is 0.141 e. The topological polar surface area (TPSA) is 37.0 Å². The number of pyridine rings is 1. The molecule has 0 bridgehead atoms. The average Bonchev–Trinajstić information content (AvgIpc) is 2.41. The highest BCUT2D eigenvalue weighted by atomic mass is 19.1. The van der Waals surface area contributed by atoms with Gasteiger partial charge in [0.15, 0.2) is 0 Å². The van der Waals surface area contributed by atoms with Gasteiger partial charge in [-0.05, 0) is 24.4 Å². The van der Waals surface area contributed by atoms with Crippen molar-refractivity contribution in [1.82, 2.24) is 10.3 Å². The van der Waals surface area contributed by atoms with E-state index in [4.69, 9.17) is 0 Å². The number of hydrogen-bond donors (Lipinski definition) is 2. The Labute approximate surface area is 122 Å². The lowest BCUT2D eigenvalue weighted by Crippen LogP contribution is -2.21. The van der Waals surface area contributed by atoms with Crippen molar-refractivity contribution < 1.29 is 4.39 Å². The van der Waals surface area contributed by atoms with Crippen LogP contribution >= 0.6 is 0 Å². The number of halogens is 1. The third-order valence-corrected chi connectivity index (χ3v) is 3.51. The second-order valence-corrected chi connectivity index (χ2v) is 5.75. The Balaban J connectivity index is 2.64. The molecule has 114 valence electrons. The quantitative estimate of drug-likeness (QED) is 0.722. The van der Waals surface area contributed by atoms with Crippen molar-refractivity contribution >= 4 is 5.82 Å². The molecule has 0 unspecified atom stereocenters. The molecular weight excluding hydrogens is 253 g/mol. The number of nitrogens with one attached hydrogen (secondary N) is 2. The summed E-state index contributed by atoms with van der Waals surface area (Å²) in [6.07, 6.45) is 3.57. The Morgan fingerprint density at radius 1 is 1.20 bits per heavy atom. The van der Waals surface area contributed by atoms with E-state index < -0.39 is 0 Å². The molecule has 0 saturated heterocycles. The minimum Gasteiger partial charge on any atom is -0.370 e. The molecule has 1 aromatic rings. The normalized spacial score (nSPS) is 11.3. The van der Waals surface area contributed by atoms with Crippen molar-refractivity contribution in [3.63, 3.8) is 0 Å². The maximum atomic E-state index is 13.3. The zero-order valence-electron chi connectivity index (χ0n) is 13.2. The third-order valence-electron chi connectivity index (χ3n) is 3.51. The van der Waals surface area contributed by atoms with E-state index in [1.807, 2.05) is 0 Å². The highest BCUT2D eigenvalue weighted by molar-refractivity contribution is 5.43. The van der Waals surface area contributed by atoms with Crippen molar-refractivity contribution in [1.29, 1.82) is 0 Å². The van der Waals surface area contributed by atoms with Gasteiger partial charge >= 0.3 is 0 Å². The van der Waals surface area contributed by atoms with Crippen LogP contribution < -0.4 is 10.6 Å². The summed E-state index contributed by atoms with van der Waals surface area (Å²) >= 11 is 0. The highest BCUT2D eigenvalue weighted by Crippen LogP contribution is 2.16. The second-order valence-electron chi connectivity index (χ2n) is 5.75. The molecule has 1 rings (SSSR count). The lowest BCUT2D eigenvalue weighted by atomic mass is 10.0. The summed E-state index contributed by atoms with van der Waals surface area (Å²) in [5, 5.41) is 6.70. The number of anilines is 1. The molecule has 0 spiro atoms. The van der Waals surface area contributed by atoms with Crippen LogP contribution in [-0.4, -0.2) is 18.1 Å². The summed E-state index contributed by atoms with van der Waals surface area (Å²) in [7, 11) is 0. The van der Waals surface area contributed by atoms with E-state index in [9.17, 15) is 4.39 Å². The molecule has 20 heavy (non-hydrogen) atoms. The molecule has 2 N–H and O–H groups in total. The first kappa shape index (κ1) is 16.9. The van der Waals surface area contributed by atoms with E-state index in [2.05, 4.69) is 43.3 Å². The van der Waals surface area contributed by atoms with Gasteiger partial charge in [-0.15, -0.1) is 0 Å². The van der Waals surface area contributed by atoms with Crippen molar-refractivity contribution in [2.75, 3.05) is 18.4 Å². The second kappa shape index (κ2) is 8.90. The molecule has 0 aliphatic heterocycles. The van der Waals surface area contributed by atoms with E-state index in [1.54, 1.807) is 6.07 Å². The van der Waals surface area contributed by atoms with E-state index in [0.29, 0.717) is 18.4 Å². The SMILES string of the molecule is CCC(CC)CNc1ncc(F)cc1CNCC(C)C. The third kappa shape index (κ3) is 5.87. The summed E-state index contributed by atoms with van der Waals surface area (Å²) in [5.41, 5.74) is 0.900. The number of rotatable bonds is 9. The van der Waals surface area contributed by atoms with Crippen LogP contribution in [0.2, 0.25) is 0 Å². The molecule has 0 radical (unpaired) electrons. The van der Waals surface area contributed by atoms with E-state index in [1.165, 1.54) is 6.20 Å². The van der Waals surface area contributed by atoms with Crippen LogP contribution in [0.3, 0.4) is 0 Å². The fourth-order valence-electron chi connectivity index (χ4n) is 2.09. The molecule has 1 aromatic heterocycles. The van der Waals surface area contributed by atoms with E-state index >= 15 is 0 Å². The standard InChI is InChI=1S/C16H28FN3/c1-5-13(6-2)9-19-16-14(7-15(17)11-20-16)10-18-8-12(3)4/h7,11-13,18H,5-6,8-10H2,1-4H3,(H,19,20). The van der Waals surface area contributed by atoms with Crippen LogP contribution in [-0.2, 0) is 6.54 Å². The fraction of sp³-hybridized carbons (Fsp3) is 0.688. The van der Waals surface area contributed by atoms with Gasteiger partial charge < -0.3 is 10.6 Å². The van der Waals surface area contributed by atoms with E-state index in [-0.39, 0.29) is 5.82 Å². The van der Waals surface area contributed by atoms with E-state index in [0.717, 1.165) is 37.3 Å². The summed E-state index contributed by atoms with van der Waals surface area (Å²) in [6.45, 7) is 11.2. The molecule has 0 fully saturated rings.